The quantitative estimate of drug-likeness (QED) is 0.516. The molecule has 1 fully saturated rings. The summed E-state index contributed by atoms with van der Waals surface area (Å²) in [7, 11) is 3.24. The van der Waals surface area contributed by atoms with Gasteiger partial charge in [0.05, 0.1) is 20.8 Å². The van der Waals surface area contributed by atoms with Crippen LogP contribution in [-0.2, 0) is 14.3 Å². The number of piperazine rings is 1. The summed E-state index contributed by atoms with van der Waals surface area (Å²) in [5.41, 5.74) is 1.87. The van der Waals surface area contributed by atoms with Crippen LogP contribution >= 0.6 is 0 Å². The molecule has 1 N–H and O–H groups in total. The number of benzene rings is 2. The van der Waals surface area contributed by atoms with Crippen LogP contribution in [0.3, 0.4) is 0 Å². The molecule has 1 amide bonds. The van der Waals surface area contributed by atoms with Gasteiger partial charge in [0.1, 0.15) is 17.5 Å². The van der Waals surface area contributed by atoms with Gasteiger partial charge in [0.25, 0.3) is 0 Å². The molecule has 4 rings (SSSR count). The van der Waals surface area contributed by atoms with Gasteiger partial charge in [-0.25, -0.2) is 4.99 Å². The number of amides is 1. The average Bonchev–Trinajstić information content (AvgIpc) is 2.88. The molecule has 0 spiro atoms. The number of ether oxygens (including phenoxy) is 3. The van der Waals surface area contributed by atoms with Crippen molar-refractivity contribution in [1.82, 2.24) is 10.2 Å². The maximum atomic E-state index is 13.1. The van der Waals surface area contributed by atoms with Crippen LogP contribution in [0.25, 0.3) is 0 Å². The third-order valence-electron chi connectivity index (χ3n) is 6.11. The number of hydrogen-bond donors (Lipinski definition) is 1. The molecular formula is C25H30N4O5. The van der Waals surface area contributed by atoms with Crippen molar-refractivity contribution in [1.29, 1.82) is 0 Å². The molecule has 2 aromatic carbocycles. The molecule has 2 atom stereocenters. The fraction of sp³-hybridized carbons (Fsp3) is 0.400. The predicted octanol–water partition coefficient (Wildman–Crippen LogP) is 2.23. The molecule has 34 heavy (non-hydrogen) atoms. The normalized spacial score (nSPS) is 20.3. The number of nitrogens with zero attached hydrogens (tertiary/aromatic N) is 3. The number of esters is 1. The summed E-state index contributed by atoms with van der Waals surface area (Å²) in [6.07, 6.45) is 0. The van der Waals surface area contributed by atoms with Crippen LogP contribution in [0.5, 0.6) is 11.5 Å². The summed E-state index contributed by atoms with van der Waals surface area (Å²) >= 11 is 0. The molecule has 2 heterocycles. The fourth-order valence-electron chi connectivity index (χ4n) is 4.24. The first-order valence-corrected chi connectivity index (χ1v) is 11.4. The highest BCUT2D eigenvalue weighted by Crippen LogP contribution is 2.32. The molecule has 2 aliphatic heterocycles. The molecule has 0 bridgehead atoms. The van der Waals surface area contributed by atoms with E-state index in [2.05, 4.69) is 15.1 Å². The van der Waals surface area contributed by atoms with E-state index in [1.807, 2.05) is 36.4 Å². The van der Waals surface area contributed by atoms with E-state index >= 15 is 0 Å². The first-order chi connectivity index (χ1) is 16.5. The van der Waals surface area contributed by atoms with Crippen LogP contribution in [0.1, 0.15) is 18.5 Å². The Kier molecular flexibility index (Phi) is 7.20. The van der Waals surface area contributed by atoms with E-state index in [1.54, 1.807) is 33.3 Å². The van der Waals surface area contributed by atoms with E-state index in [9.17, 15) is 9.59 Å². The molecule has 0 saturated carbocycles. The Morgan fingerprint density at radius 1 is 0.941 bits per heavy atom. The topological polar surface area (TPSA) is 92.7 Å². The van der Waals surface area contributed by atoms with Gasteiger partial charge in [-0.1, -0.05) is 12.1 Å². The van der Waals surface area contributed by atoms with Gasteiger partial charge < -0.3 is 24.0 Å². The lowest BCUT2D eigenvalue weighted by Gasteiger charge is -2.39. The second-order valence-electron chi connectivity index (χ2n) is 8.06. The molecule has 180 valence electrons. The van der Waals surface area contributed by atoms with E-state index in [1.165, 1.54) is 0 Å². The van der Waals surface area contributed by atoms with Gasteiger partial charge in [0.15, 0.2) is 5.92 Å². The molecule has 0 radical (unpaired) electrons. The molecule has 9 nitrogen and oxygen atoms in total. The number of nitrogens with one attached hydrogen (secondary N) is 1. The van der Waals surface area contributed by atoms with E-state index < -0.39 is 23.8 Å². The zero-order chi connectivity index (χ0) is 24.1. The van der Waals surface area contributed by atoms with Gasteiger partial charge in [-0.2, -0.15) is 0 Å². The standard InChI is InChI=1S/C25H30N4O5/c1-4-34-24(31)21-22(17-5-9-19(32-2)10-6-17)26-25(27-23(21)30)29-15-13-28(14-16-29)18-7-11-20(33-3)12-8-18/h5-12,21-22H,4,13-16H2,1-3H3,(H,26,27,30)/t21-,22-/m0/s1. The molecule has 9 heteroatoms. The first kappa shape index (κ1) is 23.4. The highest BCUT2D eigenvalue weighted by Gasteiger charge is 2.42. The minimum atomic E-state index is -1.04. The number of guanidine groups is 1. The lowest BCUT2D eigenvalue weighted by molar-refractivity contribution is -0.153. The SMILES string of the molecule is CCOC(=O)[C@@H]1C(=O)NC(N2CCN(c3ccc(OC)cc3)CC2)=N[C@H]1c1ccc(OC)cc1. The van der Waals surface area contributed by atoms with Gasteiger partial charge in [-0.05, 0) is 48.9 Å². The van der Waals surface area contributed by atoms with Gasteiger partial charge in [0.2, 0.25) is 11.9 Å². The number of rotatable bonds is 6. The highest BCUT2D eigenvalue weighted by molar-refractivity contribution is 6.08. The Morgan fingerprint density at radius 3 is 2.06 bits per heavy atom. The van der Waals surface area contributed by atoms with Gasteiger partial charge in [-0.15, -0.1) is 0 Å². The maximum absolute atomic E-state index is 13.1. The van der Waals surface area contributed by atoms with Crippen molar-refractivity contribution >= 4 is 23.5 Å². The summed E-state index contributed by atoms with van der Waals surface area (Å²) < 4.78 is 15.7. The summed E-state index contributed by atoms with van der Waals surface area (Å²) in [5, 5.41) is 2.84. The summed E-state index contributed by atoms with van der Waals surface area (Å²) in [4.78, 5) is 34.8. The third-order valence-corrected chi connectivity index (χ3v) is 6.11. The van der Waals surface area contributed by atoms with Crippen molar-refractivity contribution in [2.45, 2.75) is 13.0 Å². The minimum absolute atomic E-state index is 0.196. The zero-order valence-corrected chi connectivity index (χ0v) is 19.7. The molecule has 0 aliphatic carbocycles. The molecule has 2 aromatic rings. The molecule has 0 unspecified atom stereocenters. The summed E-state index contributed by atoms with van der Waals surface area (Å²) in [6.45, 7) is 4.83. The lowest BCUT2D eigenvalue weighted by atomic mass is 9.91. The monoisotopic (exact) mass is 466 g/mol. The number of anilines is 1. The van der Waals surface area contributed by atoms with Gasteiger partial charge in [0, 0.05) is 31.9 Å². The van der Waals surface area contributed by atoms with Crippen LogP contribution in [0.2, 0.25) is 0 Å². The second kappa shape index (κ2) is 10.5. The number of methoxy groups -OCH3 is 2. The van der Waals surface area contributed by atoms with Crippen molar-refractivity contribution in [3.63, 3.8) is 0 Å². The smallest absolute Gasteiger partial charge is 0.321 e. The Labute approximate surface area is 199 Å². The average molecular weight is 467 g/mol. The largest absolute Gasteiger partial charge is 0.497 e. The summed E-state index contributed by atoms with van der Waals surface area (Å²) in [6, 6.07) is 14.6. The van der Waals surface area contributed by atoms with Crippen molar-refractivity contribution < 1.29 is 23.8 Å². The minimum Gasteiger partial charge on any atom is -0.497 e. The number of aliphatic imine (C=N–C) groups is 1. The Bertz CT molecular complexity index is 1030. The van der Waals surface area contributed by atoms with Crippen molar-refractivity contribution in [3.05, 3.63) is 54.1 Å². The predicted molar refractivity (Wildman–Crippen MR) is 128 cm³/mol. The van der Waals surface area contributed by atoms with Crippen LogP contribution in [0.4, 0.5) is 5.69 Å². The Morgan fingerprint density at radius 2 is 1.50 bits per heavy atom. The maximum Gasteiger partial charge on any atom is 0.321 e. The molecular weight excluding hydrogens is 436 g/mol. The van der Waals surface area contributed by atoms with Crippen LogP contribution in [-0.4, -0.2) is 69.7 Å². The van der Waals surface area contributed by atoms with Crippen molar-refractivity contribution in [3.8, 4) is 11.5 Å². The van der Waals surface area contributed by atoms with Crippen LogP contribution in [0.15, 0.2) is 53.5 Å². The first-order valence-electron chi connectivity index (χ1n) is 11.4. The molecule has 1 saturated heterocycles. The molecule has 0 aromatic heterocycles. The lowest BCUT2D eigenvalue weighted by Crippen LogP contribution is -2.57. The van der Waals surface area contributed by atoms with Crippen molar-refractivity contribution in [2.75, 3.05) is 51.9 Å². The molecule has 2 aliphatic rings. The second-order valence-corrected chi connectivity index (χ2v) is 8.06. The van der Waals surface area contributed by atoms with E-state index in [-0.39, 0.29) is 6.61 Å². The van der Waals surface area contributed by atoms with Gasteiger partial charge in [-0.3, -0.25) is 14.9 Å². The number of carbonyl (C=O) groups is 2. The van der Waals surface area contributed by atoms with E-state index in [0.29, 0.717) is 24.8 Å². The van der Waals surface area contributed by atoms with Crippen molar-refractivity contribution in [2.24, 2.45) is 10.9 Å². The van der Waals surface area contributed by atoms with Crippen LogP contribution in [0, 0.1) is 5.92 Å². The Hall–Kier alpha value is -3.75. The van der Waals surface area contributed by atoms with E-state index in [4.69, 9.17) is 19.2 Å². The third kappa shape index (κ3) is 4.93. The fourth-order valence-corrected chi connectivity index (χ4v) is 4.24. The van der Waals surface area contributed by atoms with Gasteiger partial charge >= 0.3 is 5.97 Å². The zero-order valence-electron chi connectivity index (χ0n) is 19.7. The summed E-state index contributed by atoms with van der Waals surface area (Å²) in [5.74, 6) is -0.0221. The number of hydrogen-bond acceptors (Lipinski definition) is 8. The van der Waals surface area contributed by atoms with E-state index in [0.717, 1.165) is 30.1 Å². The number of carbonyl (C=O) groups excluding carboxylic acids is 2. The highest BCUT2D eigenvalue weighted by atomic mass is 16.5. The Balaban J connectivity index is 1.53. The van der Waals surface area contributed by atoms with Crippen LogP contribution < -0.4 is 19.7 Å².